The Hall–Kier alpha value is -0.820. The Bertz CT molecular complexity index is 553. The zero-order valence-corrected chi connectivity index (χ0v) is 25.5. The highest BCUT2D eigenvalue weighted by Crippen LogP contribution is 2.06. The van der Waals surface area contributed by atoms with E-state index in [9.17, 15) is 22.9 Å². The average Bonchev–Trinajstić information content (AvgIpc) is 2.79. The topological polar surface area (TPSA) is 159 Å². The van der Waals surface area contributed by atoms with Gasteiger partial charge in [0.25, 0.3) is 0 Å². The quantitative estimate of drug-likeness (QED) is 0.121. The molecule has 0 aliphatic carbocycles. The molecule has 0 saturated heterocycles. The minimum atomic E-state index is -4.42. The van der Waals surface area contributed by atoms with Crippen LogP contribution >= 0.6 is 0 Å². The summed E-state index contributed by atoms with van der Waals surface area (Å²) in [6.07, 6.45) is 9.24. The number of rotatable bonds is 17. The summed E-state index contributed by atoms with van der Waals surface area (Å²) in [5.74, 6) is -0.916. The molecule has 10 nitrogen and oxygen atoms in total. The third-order valence-corrected chi connectivity index (χ3v) is 6.17. The highest BCUT2D eigenvalue weighted by atomic mass is 32.3. The molecule has 0 saturated carbocycles. The van der Waals surface area contributed by atoms with Crippen LogP contribution in [-0.2, 0) is 19.4 Å². The molecule has 222 valence electrons. The number of carboxylic acids is 1. The van der Waals surface area contributed by atoms with Crippen LogP contribution in [0.15, 0.2) is 0 Å². The van der Waals surface area contributed by atoms with Crippen LogP contribution < -0.4 is 16.6 Å². The van der Waals surface area contributed by atoms with Gasteiger partial charge in [0.05, 0.1) is 61.0 Å². The van der Waals surface area contributed by atoms with Crippen molar-refractivity contribution < 1.29 is 36.0 Å². The molecule has 0 fully saturated rings. The van der Waals surface area contributed by atoms with Gasteiger partial charge < -0.3 is 34.9 Å². The van der Waals surface area contributed by atoms with Gasteiger partial charge in [-0.15, -0.1) is 0 Å². The zero-order valence-electron chi connectivity index (χ0n) is 24.7. The monoisotopic (exact) mass is 544 g/mol. The van der Waals surface area contributed by atoms with Crippen LogP contribution in [0.1, 0.15) is 85.5 Å². The summed E-state index contributed by atoms with van der Waals surface area (Å²) in [5.41, 5.74) is 10.8. The van der Waals surface area contributed by atoms with Crippen molar-refractivity contribution in [3.8, 4) is 0 Å². The van der Waals surface area contributed by atoms with Gasteiger partial charge in [-0.05, 0) is 46.7 Å². The Kier molecular flexibility index (Phi) is 32.0. The SMILES string of the molecule is CCCCCCCCC(=O)[O-].CCOS(=O)(=O)[O-].CC[N+](C)(C)CCCN.CC[N+](C)(C)CCCN. The van der Waals surface area contributed by atoms with E-state index in [-0.39, 0.29) is 13.0 Å². The van der Waals surface area contributed by atoms with Gasteiger partial charge in [-0.25, -0.2) is 8.42 Å². The number of carbonyl (C=O) groups is 1. The first kappa shape index (κ1) is 42.3. The number of carbonyl (C=O) groups excluding carboxylic acids is 1. The molecule has 0 aromatic heterocycles. The molecule has 0 bridgehead atoms. The van der Waals surface area contributed by atoms with Crippen LogP contribution in [0.25, 0.3) is 0 Å². The molecule has 0 radical (unpaired) electrons. The molecule has 11 heteroatoms. The summed E-state index contributed by atoms with van der Waals surface area (Å²) < 4.78 is 34.2. The molecule has 0 aromatic rings. The Morgan fingerprint density at radius 3 is 1.39 bits per heavy atom. The fourth-order valence-corrected chi connectivity index (χ4v) is 2.84. The highest BCUT2D eigenvalue weighted by molar-refractivity contribution is 7.80. The summed E-state index contributed by atoms with van der Waals surface area (Å²) in [7, 11) is 4.50. The van der Waals surface area contributed by atoms with E-state index in [1.165, 1.54) is 58.8 Å². The van der Waals surface area contributed by atoms with E-state index in [2.05, 4.69) is 53.1 Å². The molecule has 0 amide bonds. The predicted octanol–water partition coefficient (Wildman–Crippen LogP) is 1.83. The van der Waals surface area contributed by atoms with Crippen molar-refractivity contribution >= 4 is 16.4 Å². The van der Waals surface area contributed by atoms with Gasteiger partial charge in [0.2, 0.25) is 10.4 Å². The zero-order chi connectivity index (χ0) is 29.1. The van der Waals surface area contributed by atoms with Crippen LogP contribution in [0.2, 0.25) is 0 Å². The molecular weight excluding hydrogens is 484 g/mol. The number of hydrogen-bond donors (Lipinski definition) is 2. The van der Waals surface area contributed by atoms with Crippen LogP contribution in [0.5, 0.6) is 0 Å². The molecule has 0 unspecified atom stereocenters. The molecule has 0 atom stereocenters. The first-order valence-corrected chi connectivity index (χ1v) is 14.7. The number of nitrogens with zero attached hydrogens (tertiary/aromatic N) is 2. The third-order valence-electron chi connectivity index (χ3n) is 5.64. The van der Waals surface area contributed by atoms with Gasteiger partial charge in [0.15, 0.2) is 0 Å². The first-order valence-electron chi connectivity index (χ1n) is 13.4. The van der Waals surface area contributed by atoms with Crippen molar-refractivity contribution in [2.24, 2.45) is 11.5 Å². The van der Waals surface area contributed by atoms with Crippen LogP contribution in [-0.4, -0.2) is 102 Å². The van der Waals surface area contributed by atoms with Crippen molar-refractivity contribution in [3.05, 3.63) is 0 Å². The summed E-state index contributed by atoms with van der Waals surface area (Å²) in [4.78, 5) is 9.98. The van der Waals surface area contributed by atoms with Crippen molar-refractivity contribution in [1.29, 1.82) is 0 Å². The number of unbranched alkanes of at least 4 members (excludes halogenated alkanes) is 5. The van der Waals surface area contributed by atoms with Gasteiger partial charge in [-0.2, -0.15) is 0 Å². The Balaban J connectivity index is -0.000000192. The normalized spacial score (nSPS) is 11.3. The molecule has 0 heterocycles. The summed E-state index contributed by atoms with van der Waals surface area (Å²) in [6, 6.07) is 0. The maximum absolute atomic E-state index is 9.98. The lowest BCUT2D eigenvalue weighted by atomic mass is 10.1. The lowest BCUT2D eigenvalue weighted by molar-refractivity contribution is -0.888. The van der Waals surface area contributed by atoms with Crippen LogP contribution in [0, 0.1) is 0 Å². The Morgan fingerprint density at radius 1 is 0.750 bits per heavy atom. The van der Waals surface area contributed by atoms with Crippen LogP contribution in [0.3, 0.4) is 0 Å². The average molecular weight is 545 g/mol. The molecule has 0 rings (SSSR count). The second kappa shape index (κ2) is 27.2. The highest BCUT2D eigenvalue weighted by Gasteiger charge is 2.09. The largest absolute Gasteiger partial charge is 0.726 e. The van der Waals surface area contributed by atoms with Crippen molar-refractivity contribution in [3.63, 3.8) is 0 Å². The predicted molar refractivity (Wildman–Crippen MR) is 147 cm³/mol. The summed E-state index contributed by atoms with van der Waals surface area (Å²) in [5, 5.41) is 9.98. The standard InChI is InChI=1S/C9H18O2.2C7H19N2.C2H6O4S/c1-2-3-4-5-6-7-8-9(10)11;2*1-4-9(2,3)7-5-6-8;1-2-6-7(3,4)5/h2-8H2,1H3,(H,10,11);2*4-8H2,1-3H3;2H2,1H3,(H,3,4,5)/q;2*+1;/p-2. The van der Waals surface area contributed by atoms with E-state index in [1.54, 1.807) is 0 Å². The number of nitrogens with two attached hydrogens (primary N) is 2. The fourth-order valence-electron chi connectivity index (χ4n) is 2.55. The molecule has 0 spiro atoms. The number of hydrogen-bond acceptors (Lipinski definition) is 8. The first-order chi connectivity index (χ1) is 16.6. The number of carboxylic acid groups (broad SMARTS) is 1. The number of quaternary nitrogens is 2. The minimum absolute atomic E-state index is 0.0914. The maximum atomic E-state index is 9.98. The lowest BCUT2D eigenvalue weighted by Gasteiger charge is -2.27. The van der Waals surface area contributed by atoms with E-state index in [0.717, 1.165) is 47.7 Å². The Labute approximate surface area is 223 Å². The van der Waals surface area contributed by atoms with Crippen molar-refractivity contribution in [2.75, 3.05) is 74.1 Å². The van der Waals surface area contributed by atoms with Gasteiger partial charge in [0.1, 0.15) is 0 Å². The molecule has 4 N–H and O–H groups in total. The minimum Gasteiger partial charge on any atom is -0.726 e. The van der Waals surface area contributed by atoms with Gasteiger partial charge >= 0.3 is 0 Å². The van der Waals surface area contributed by atoms with E-state index in [4.69, 9.17) is 11.5 Å². The molecule has 0 aliphatic heterocycles. The van der Waals surface area contributed by atoms with Crippen LogP contribution in [0.4, 0.5) is 0 Å². The van der Waals surface area contributed by atoms with Crippen molar-refractivity contribution in [1.82, 2.24) is 0 Å². The molecule has 36 heavy (non-hydrogen) atoms. The van der Waals surface area contributed by atoms with E-state index < -0.39 is 16.4 Å². The van der Waals surface area contributed by atoms with E-state index in [0.29, 0.717) is 0 Å². The molecule has 0 aromatic carbocycles. The van der Waals surface area contributed by atoms with Gasteiger partial charge in [-0.3, -0.25) is 4.18 Å². The lowest BCUT2D eigenvalue weighted by Crippen LogP contribution is -2.40. The van der Waals surface area contributed by atoms with E-state index >= 15 is 0 Å². The van der Waals surface area contributed by atoms with Gasteiger partial charge in [0, 0.05) is 18.8 Å². The smallest absolute Gasteiger partial charge is 0.217 e. The second-order valence-electron chi connectivity index (χ2n) is 9.94. The summed E-state index contributed by atoms with van der Waals surface area (Å²) in [6.45, 7) is 14.3. The summed E-state index contributed by atoms with van der Waals surface area (Å²) >= 11 is 0. The Morgan fingerprint density at radius 2 is 1.14 bits per heavy atom. The molecular formula is C25H60N4O6S. The second-order valence-corrected chi connectivity index (χ2v) is 11.0. The fraction of sp³-hybridized carbons (Fsp3) is 0.960. The number of aliphatic carboxylic acids is 1. The molecule has 0 aliphatic rings. The third kappa shape index (κ3) is 46.5. The van der Waals surface area contributed by atoms with E-state index in [1.807, 2.05) is 0 Å². The van der Waals surface area contributed by atoms with Crippen molar-refractivity contribution in [2.45, 2.75) is 85.5 Å². The van der Waals surface area contributed by atoms with Gasteiger partial charge in [-0.1, -0.05) is 39.0 Å². The maximum Gasteiger partial charge on any atom is 0.217 e.